The summed E-state index contributed by atoms with van der Waals surface area (Å²) in [5.41, 5.74) is 2.80. The van der Waals surface area contributed by atoms with Crippen molar-refractivity contribution in [3.05, 3.63) is 54.3 Å². The molecule has 0 saturated heterocycles. The molecular weight excluding hydrogens is 294 g/mol. The summed E-state index contributed by atoms with van der Waals surface area (Å²) in [4.78, 5) is 24.0. The predicted octanol–water partition coefficient (Wildman–Crippen LogP) is 3.35. The van der Waals surface area contributed by atoms with Gasteiger partial charge >= 0.3 is 12.1 Å². The molecule has 0 radical (unpaired) electrons. The monoisotopic (exact) mass is 317 g/mol. The van der Waals surface area contributed by atoms with Crippen LogP contribution in [-0.4, -0.2) is 23.7 Å². The lowest BCUT2D eigenvalue weighted by molar-refractivity contribution is -0.147. The number of amides is 1. The highest BCUT2D eigenvalue weighted by Gasteiger charge is 2.24. The second-order valence-corrected chi connectivity index (χ2v) is 5.94. The predicted molar refractivity (Wildman–Crippen MR) is 87.7 cm³/mol. The van der Waals surface area contributed by atoms with Gasteiger partial charge in [0.15, 0.2) is 0 Å². The topological polar surface area (TPSA) is 64.6 Å². The Balaban J connectivity index is 2.63. The summed E-state index contributed by atoms with van der Waals surface area (Å²) in [6.45, 7) is 8.84. The molecule has 0 bridgehead atoms. The van der Waals surface area contributed by atoms with Crippen LogP contribution >= 0.6 is 0 Å². The van der Waals surface area contributed by atoms with Gasteiger partial charge in [0.25, 0.3) is 0 Å². The van der Waals surface area contributed by atoms with E-state index in [0.29, 0.717) is 0 Å². The first kappa shape index (κ1) is 18.5. The van der Waals surface area contributed by atoms with E-state index in [1.165, 1.54) is 0 Å². The van der Waals surface area contributed by atoms with Gasteiger partial charge in [-0.25, -0.2) is 9.59 Å². The van der Waals surface area contributed by atoms with Crippen LogP contribution in [0.1, 0.15) is 32.8 Å². The molecule has 1 aromatic rings. The van der Waals surface area contributed by atoms with Gasteiger partial charge in [-0.3, -0.25) is 0 Å². The van der Waals surface area contributed by atoms with Crippen LogP contribution in [0.15, 0.2) is 48.7 Å². The summed E-state index contributed by atoms with van der Waals surface area (Å²) in [6.07, 6.45) is 1.12. The molecule has 0 aliphatic heterocycles. The molecule has 1 aromatic carbocycles. The highest BCUT2D eigenvalue weighted by Crippen LogP contribution is 2.08. The highest BCUT2D eigenvalue weighted by atomic mass is 16.6. The van der Waals surface area contributed by atoms with Crippen LogP contribution in [0.5, 0.6) is 0 Å². The van der Waals surface area contributed by atoms with Gasteiger partial charge < -0.3 is 14.8 Å². The maximum atomic E-state index is 12.2. The average Bonchev–Trinajstić information content (AvgIpc) is 2.48. The van der Waals surface area contributed by atoms with Crippen LogP contribution < -0.4 is 5.32 Å². The van der Waals surface area contributed by atoms with E-state index in [0.717, 1.165) is 5.56 Å². The van der Waals surface area contributed by atoms with Crippen molar-refractivity contribution in [3.8, 4) is 0 Å². The maximum absolute atomic E-state index is 12.2. The Morgan fingerprint density at radius 1 is 1.30 bits per heavy atom. The van der Waals surface area contributed by atoms with E-state index in [9.17, 15) is 9.59 Å². The average molecular weight is 317 g/mol. The van der Waals surface area contributed by atoms with E-state index in [2.05, 4.69) is 17.6 Å². The van der Waals surface area contributed by atoms with Gasteiger partial charge in [0, 0.05) is 6.42 Å². The molecule has 0 heterocycles. The molecule has 5 nitrogen and oxygen atoms in total. The molecule has 124 valence electrons. The summed E-state index contributed by atoms with van der Waals surface area (Å²) in [7, 11) is 0. The van der Waals surface area contributed by atoms with E-state index in [4.69, 9.17) is 9.47 Å². The van der Waals surface area contributed by atoms with Crippen molar-refractivity contribution < 1.29 is 19.1 Å². The zero-order chi connectivity index (χ0) is 17.3. The van der Waals surface area contributed by atoms with Gasteiger partial charge in [0.1, 0.15) is 18.2 Å². The molecule has 5 heteroatoms. The standard InChI is InChI=1S/C18H23NO4/c1-5-6-12-15(19-17(21)23-18(2,3)4)16(20)22-13-14-10-8-7-9-11-14/h6-11,15H,1,12-13H2,2-4H3,(H,19,21)/t15-/m1/s1. The van der Waals surface area contributed by atoms with Gasteiger partial charge in [0.05, 0.1) is 0 Å². The minimum atomic E-state index is -0.845. The van der Waals surface area contributed by atoms with E-state index >= 15 is 0 Å². The zero-order valence-electron chi connectivity index (χ0n) is 13.8. The Morgan fingerprint density at radius 3 is 2.52 bits per heavy atom. The number of ether oxygens (including phenoxy) is 2. The number of nitrogens with one attached hydrogen (secondary N) is 1. The van der Waals surface area contributed by atoms with Crippen LogP contribution in [0.4, 0.5) is 4.79 Å². The Labute approximate surface area is 137 Å². The van der Waals surface area contributed by atoms with Crippen molar-refractivity contribution in [2.24, 2.45) is 0 Å². The number of hydrogen-bond acceptors (Lipinski definition) is 4. The first-order valence-corrected chi connectivity index (χ1v) is 7.36. The van der Waals surface area contributed by atoms with Gasteiger partial charge in [0.2, 0.25) is 0 Å². The summed E-state index contributed by atoms with van der Waals surface area (Å²) >= 11 is 0. The fourth-order valence-electron chi connectivity index (χ4n) is 1.69. The third kappa shape index (κ3) is 7.88. The summed E-state index contributed by atoms with van der Waals surface area (Å²) in [5.74, 6) is -0.536. The van der Waals surface area contributed by atoms with Crippen LogP contribution in [0.2, 0.25) is 0 Å². The fraction of sp³-hybridized carbons (Fsp3) is 0.389. The van der Waals surface area contributed by atoms with E-state index < -0.39 is 23.7 Å². The molecule has 23 heavy (non-hydrogen) atoms. The fourth-order valence-corrected chi connectivity index (χ4v) is 1.69. The van der Waals surface area contributed by atoms with Crippen molar-refractivity contribution >= 4 is 12.1 Å². The lowest BCUT2D eigenvalue weighted by atomic mass is 10.2. The second kappa shape index (κ2) is 8.81. The number of carbonyl (C=O) groups is 2. The maximum Gasteiger partial charge on any atom is 0.408 e. The van der Waals surface area contributed by atoms with E-state index in [1.807, 2.05) is 30.3 Å². The first-order valence-electron chi connectivity index (χ1n) is 7.36. The summed E-state index contributed by atoms with van der Waals surface area (Å²) in [5, 5.41) is 2.51. The zero-order valence-corrected chi connectivity index (χ0v) is 13.8. The van der Waals surface area contributed by atoms with Crippen molar-refractivity contribution in [1.82, 2.24) is 5.32 Å². The molecule has 0 spiro atoms. The van der Waals surface area contributed by atoms with Crippen LogP contribution in [-0.2, 0) is 20.9 Å². The molecule has 1 N–H and O–H groups in total. The summed E-state index contributed by atoms with van der Waals surface area (Å²) < 4.78 is 10.4. The molecule has 0 aliphatic rings. The lowest BCUT2D eigenvalue weighted by Crippen LogP contribution is -2.44. The van der Waals surface area contributed by atoms with Gasteiger partial charge in [-0.2, -0.15) is 0 Å². The number of benzene rings is 1. The van der Waals surface area contributed by atoms with Crippen LogP contribution in [0, 0.1) is 0 Å². The van der Waals surface area contributed by atoms with Crippen molar-refractivity contribution in [1.29, 1.82) is 0 Å². The molecule has 0 saturated carbocycles. The van der Waals surface area contributed by atoms with E-state index in [-0.39, 0.29) is 13.0 Å². The Morgan fingerprint density at radius 2 is 1.96 bits per heavy atom. The number of rotatable bonds is 6. The number of esters is 1. The quantitative estimate of drug-likeness (QED) is 0.645. The third-order valence-corrected chi connectivity index (χ3v) is 2.70. The molecule has 0 aliphatic carbocycles. The summed E-state index contributed by atoms with van der Waals surface area (Å²) in [6, 6.07) is 8.47. The Kier molecular flexibility index (Phi) is 7.10. The van der Waals surface area contributed by atoms with Crippen LogP contribution in [0.3, 0.4) is 0 Å². The molecule has 0 aromatic heterocycles. The number of alkyl carbamates (subject to hydrolysis) is 1. The minimum absolute atomic E-state index is 0.143. The van der Waals surface area contributed by atoms with Crippen molar-refractivity contribution in [2.75, 3.05) is 0 Å². The van der Waals surface area contributed by atoms with Crippen LogP contribution in [0.25, 0.3) is 0 Å². The van der Waals surface area contributed by atoms with Gasteiger partial charge in [-0.05, 0) is 32.4 Å². The molecule has 0 unspecified atom stereocenters. The van der Waals surface area contributed by atoms with Gasteiger partial charge in [-0.1, -0.05) is 36.9 Å². The van der Waals surface area contributed by atoms with Crippen molar-refractivity contribution in [3.63, 3.8) is 0 Å². The SMILES string of the molecule is C=C=CC[C@@H](NC(=O)OC(C)(C)C)C(=O)OCc1ccccc1. The van der Waals surface area contributed by atoms with Gasteiger partial charge in [-0.15, -0.1) is 5.73 Å². The smallest absolute Gasteiger partial charge is 0.408 e. The molecule has 0 fully saturated rings. The Bertz CT molecular complexity index is 568. The Hall–Kier alpha value is -2.52. The first-order chi connectivity index (χ1) is 10.8. The normalized spacial score (nSPS) is 11.8. The molecule has 1 amide bonds. The molecule has 1 rings (SSSR count). The number of hydrogen-bond donors (Lipinski definition) is 1. The van der Waals surface area contributed by atoms with E-state index in [1.54, 1.807) is 26.8 Å². The molecule has 1 atom stereocenters. The number of carbonyl (C=O) groups excluding carboxylic acids is 2. The van der Waals surface area contributed by atoms with Crippen molar-refractivity contribution in [2.45, 2.75) is 45.4 Å². The lowest BCUT2D eigenvalue weighted by Gasteiger charge is -2.22. The molecular formula is C18H23NO4. The minimum Gasteiger partial charge on any atom is -0.459 e. The highest BCUT2D eigenvalue weighted by molar-refractivity contribution is 5.81. The third-order valence-electron chi connectivity index (χ3n) is 2.70. The largest absolute Gasteiger partial charge is 0.459 e. The second-order valence-electron chi connectivity index (χ2n) is 5.94.